The number of hydrogen-bond donors (Lipinski definition) is 1. The summed E-state index contributed by atoms with van der Waals surface area (Å²) in [5.41, 5.74) is 0.667. The monoisotopic (exact) mass is 400 g/mol. The minimum absolute atomic E-state index is 0. The van der Waals surface area contributed by atoms with E-state index >= 15 is 0 Å². The first-order valence-electron chi connectivity index (χ1n) is 9.11. The van der Waals surface area contributed by atoms with Crippen LogP contribution in [0.3, 0.4) is 0 Å². The maximum absolute atomic E-state index is 11.7. The molecule has 1 aliphatic rings. The molecule has 27 heavy (non-hydrogen) atoms. The minimum atomic E-state index is -0.624. The number of β-amino-alcohol motifs (C(OH)–C–C–N with tert-alkyl or cyclic N) is 1. The standard InChI is InChI=1S/C19H28N2O5.ClH/c1-3-18(23)15-5-7-17(8-6-15)26-14-16(22)13-20-9-11-21(12-10-20)19(24)25-4-2;/h5-8,16,22H,3-4,9-14H2,1-2H3;1H. The molecule has 1 saturated heterocycles. The average molecular weight is 401 g/mol. The van der Waals surface area contributed by atoms with Gasteiger partial charge in [0.1, 0.15) is 18.5 Å². The van der Waals surface area contributed by atoms with Crippen LogP contribution in [0, 0.1) is 0 Å². The summed E-state index contributed by atoms with van der Waals surface area (Å²) in [5.74, 6) is 0.724. The third kappa shape index (κ3) is 7.36. The maximum atomic E-state index is 11.7. The van der Waals surface area contributed by atoms with Crippen LogP contribution in [-0.2, 0) is 4.74 Å². The van der Waals surface area contributed by atoms with Crippen molar-refractivity contribution in [2.45, 2.75) is 26.4 Å². The van der Waals surface area contributed by atoms with Crippen LogP contribution in [-0.4, -0.2) is 78.8 Å². The summed E-state index contributed by atoms with van der Waals surface area (Å²) in [6.45, 7) is 7.26. The van der Waals surface area contributed by atoms with Crippen molar-refractivity contribution in [2.24, 2.45) is 0 Å². The van der Waals surface area contributed by atoms with Crippen molar-refractivity contribution >= 4 is 24.3 Å². The van der Waals surface area contributed by atoms with Gasteiger partial charge in [-0.2, -0.15) is 0 Å². The van der Waals surface area contributed by atoms with Crippen molar-refractivity contribution < 1.29 is 24.2 Å². The number of aliphatic hydroxyl groups is 1. The first-order valence-corrected chi connectivity index (χ1v) is 9.11. The van der Waals surface area contributed by atoms with E-state index < -0.39 is 6.10 Å². The van der Waals surface area contributed by atoms with Gasteiger partial charge in [-0.05, 0) is 31.2 Å². The molecule has 2 rings (SSSR count). The molecule has 0 radical (unpaired) electrons. The van der Waals surface area contributed by atoms with E-state index in [-0.39, 0.29) is 30.9 Å². The number of nitrogens with zero attached hydrogens (tertiary/aromatic N) is 2. The zero-order valence-corrected chi connectivity index (χ0v) is 16.7. The Morgan fingerprint density at radius 1 is 1.11 bits per heavy atom. The van der Waals surface area contributed by atoms with Crippen LogP contribution in [0.5, 0.6) is 5.75 Å². The lowest BCUT2D eigenvalue weighted by atomic mass is 10.1. The zero-order chi connectivity index (χ0) is 18.9. The van der Waals surface area contributed by atoms with Gasteiger partial charge in [0.05, 0.1) is 6.61 Å². The Kier molecular flexibility index (Phi) is 10.1. The van der Waals surface area contributed by atoms with Gasteiger partial charge in [0, 0.05) is 44.7 Å². The molecule has 1 aromatic carbocycles. The molecule has 0 saturated carbocycles. The van der Waals surface area contributed by atoms with Crippen LogP contribution in [0.4, 0.5) is 4.79 Å². The molecule has 1 N–H and O–H groups in total. The van der Waals surface area contributed by atoms with Crippen molar-refractivity contribution in [2.75, 3.05) is 45.9 Å². The van der Waals surface area contributed by atoms with Crippen molar-refractivity contribution in [1.29, 1.82) is 0 Å². The molecule has 0 aromatic heterocycles. The summed E-state index contributed by atoms with van der Waals surface area (Å²) in [5, 5.41) is 10.2. The average Bonchev–Trinajstić information content (AvgIpc) is 2.67. The van der Waals surface area contributed by atoms with E-state index in [1.54, 1.807) is 36.1 Å². The fraction of sp³-hybridized carbons (Fsp3) is 0.579. The van der Waals surface area contributed by atoms with Crippen molar-refractivity contribution in [1.82, 2.24) is 9.80 Å². The van der Waals surface area contributed by atoms with Gasteiger partial charge in [0.15, 0.2) is 5.78 Å². The van der Waals surface area contributed by atoms with Crippen molar-refractivity contribution in [3.63, 3.8) is 0 Å². The van der Waals surface area contributed by atoms with Crippen LogP contribution in [0.15, 0.2) is 24.3 Å². The molecule has 1 amide bonds. The molecule has 1 aliphatic heterocycles. The van der Waals surface area contributed by atoms with Crippen LogP contribution >= 0.6 is 12.4 Å². The number of carbonyl (C=O) groups is 2. The Morgan fingerprint density at radius 3 is 2.30 bits per heavy atom. The Hall–Kier alpha value is -1.83. The lowest BCUT2D eigenvalue weighted by Gasteiger charge is -2.34. The van der Waals surface area contributed by atoms with Gasteiger partial charge < -0.3 is 19.5 Å². The van der Waals surface area contributed by atoms with Gasteiger partial charge in [-0.3, -0.25) is 9.69 Å². The van der Waals surface area contributed by atoms with Gasteiger partial charge in [0.25, 0.3) is 0 Å². The molecular formula is C19H29ClN2O5. The molecule has 1 heterocycles. The highest BCUT2D eigenvalue weighted by Gasteiger charge is 2.23. The number of hydrogen-bond acceptors (Lipinski definition) is 6. The highest BCUT2D eigenvalue weighted by Crippen LogP contribution is 2.14. The second-order valence-corrected chi connectivity index (χ2v) is 6.25. The predicted octanol–water partition coefficient (Wildman–Crippen LogP) is 2.21. The molecule has 1 atom stereocenters. The summed E-state index contributed by atoms with van der Waals surface area (Å²) >= 11 is 0. The van der Waals surface area contributed by atoms with Gasteiger partial charge in [0.2, 0.25) is 0 Å². The van der Waals surface area contributed by atoms with Crippen LogP contribution < -0.4 is 4.74 Å². The number of Topliss-reactive ketones (excluding diaryl/α,β-unsaturated/α-hetero) is 1. The van der Waals surface area contributed by atoms with Gasteiger partial charge in [-0.1, -0.05) is 6.92 Å². The van der Waals surface area contributed by atoms with Gasteiger partial charge in [-0.25, -0.2) is 4.79 Å². The molecule has 1 aromatic rings. The third-order valence-electron chi connectivity index (χ3n) is 4.31. The number of halogens is 1. The SMILES string of the molecule is CCOC(=O)N1CCN(CC(O)COc2ccc(C(=O)CC)cc2)CC1.Cl. The second-order valence-electron chi connectivity index (χ2n) is 6.25. The Labute approximate surface area is 166 Å². The Balaban J connectivity index is 0.00000364. The topological polar surface area (TPSA) is 79.3 Å². The summed E-state index contributed by atoms with van der Waals surface area (Å²) < 4.78 is 10.6. The first-order chi connectivity index (χ1) is 12.5. The van der Waals surface area contributed by atoms with E-state index in [1.165, 1.54) is 0 Å². The van der Waals surface area contributed by atoms with Crippen molar-refractivity contribution in [3.8, 4) is 5.75 Å². The van der Waals surface area contributed by atoms with E-state index in [9.17, 15) is 14.7 Å². The van der Waals surface area contributed by atoms with Crippen LogP contribution in [0.2, 0.25) is 0 Å². The van der Waals surface area contributed by atoms with E-state index in [1.807, 2.05) is 6.92 Å². The van der Waals surface area contributed by atoms with Crippen LogP contribution in [0.1, 0.15) is 30.6 Å². The zero-order valence-electron chi connectivity index (χ0n) is 15.9. The lowest BCUT2D eigenvalue weighted by molar-refractivity contribution is 0.0407. The Morgan fingerprint density at radius 2 is 1.74 bits per heavy atom. The summed E-state index contributed by atoms with van der Waals surface area (Å²) in [7, 11) is 0. The minimum Gasteiger partial charge on any atom is -0.491 e. The fourth-order valence-electron chi connectivity index (χ4n) is 2.81. The number of piperazine rings is 1. The smallest absolute Gasteiger partial charge is 0.409 e. The number of ether oxygens (including phenoxy) is 2. The number of carbonyl (C=O) groups excluding carboxylic acids is 2. The summed E-state index contributed by atoms with van der Waals surface area (Å²) in [4.78, 5) is 27.0. The highest BCUT2D eigenvalue weighted by atomic mass is 35.5. The van der Waals surface area contributed by atoms with Crippen molar-refractivity contribution in [3.05, 3.63) is 29.8 Å². The third-order valence-corrected chi connectivity index (χ3v) is 4.31. The van der Waals surface area contributed by atoms with Gasteiger partial charge >= 0.3 is 6.09 Å². The lowest BCUT2D eigenvalue weighted by Crippen LogP contribution is -2.51. The number of rotatable bonds is 8. The maximum Gasteiger partial charge on any atom is 0.409 e. The van der Waals surface area contributed by atoms with E-state index in [0.29, 0.717) is 57.1 Å². The molecule has 0 bridgehead atoms. The molecule has 0 spiro atoms. The van der Waals surface area contributed by atoms with E-state index in [4.69, 9.17) is 9.47 Å². The highest BCUT2D eigenvalue weighted by molar-refractivity contribution is 5.95. The molecule has 152 valence electrons. The molecule has 1 fully saturated rings. The first kappa shape index (κ1) is 23.2. The number of ketones is 1. The summed E-state index contributed by atoms with van der Waals surface area (Å²) in [6.07, 6.45) is -0.426. The summed E-state index contributed by atoms with van der Waals surface area (Å²) in [6, 6.07) is 6.96. The van der Waals surface area contributed by atoms with Crippen LogP contribution in [0.25, 0.3) is 0 Å². The van der Waals surface area contributed by atoms with Gasteiger partial charge in [-0.15, -0.1) is 12.4 Å². The molecule has 8 heteroatoms. The molecule has 0 aliphatic carbocycles. The second kappa shape index (κ2) is 11.8. The number of aliphatic hydroxyl groups excluding tert-OH is 1. The van der Waals surface area contributed by atoms with E-state index in [2.05, 4.69) is 4.90 Å². The van der Waals surface area contributed by atoms with E-state index in [0.717, 1.165) is 0 Å². The predicted molar refractivity (Wildman–Crippen MR) is 105 cm³/mol. The molecular weight excluding hydrogens is 372 g/mol. The fourth-order valence-corrected chi connectivity index (χ4v) is 2.81. The number of benzene rings is 1. The quantitative estimate of drug-likeness (QED) is 0.674. The molecule has 7 nitrogen and oxygen atoms in total. The molecule has 1 unspecified atom stereocenters. The Bertz CT molecular complexity index is 588. The number of amides is 1. The largest absolute Gasteiger partial charge is 0.491 e. The normalized spacial score (nSPS) is 15.6.